The summed E-state index contributed by atoms with van der Waals surface area (Å²) < 4.78 is 26.5. The molecule has 1 unspecified atom stereocenters. The van der Waals surface area contributed by atoms with E-state index in [4.69, 9.17) is 18.9 Å². The molecule has 4 radical (unpaired) electrons. The zero-order chi connectivity index (χ0) is 34.5. The normalized spacial score (nSPS) is 12.7. The fourth-order valence-corrected chi connectivity index (χ4v) is 5.79. The Kier molecular flexibility index (Phi) is 42.1. The van der Waals surface area contributed by atoms with Gasteiger partial charge in [-0.25, -0.2) is 0 Å². The number of carbonyl (C=O) groups is 2. The van der Waals surface area contributed by atoms with E-state index in [1.54, 1.807) is 0 Å². The Hall–Kier alpha value is -0.631. The van der Waals surface area contributed by atoms with Crippen molar-refractivity contribution in [3.8, 4) is 0 Å². The van der Waals surface area contributed by atoms with Crippen LogP contribution in [0.3, 0.4) is 0 Å². The molecule has 0 rings (SSSR count). The Balaban J connectivity index is 0. The molecule has 0 heterocycles. The van der Waals surface area contributed by atoms with Gasteiger partial charge in [0.2, 0.25) is 0 Å². The van der Waals surface area contributed by atoms with Crippen molar-refractivity contribution >= 4 is 44.1 Å². The molecule has 1 N–H and O–H groups in total. The first-order chi connectivity index (χ1) is 23.0. The maximum absolute atomic E-state index is 12.3. The smallest absolute Gasteiger partial charge is 0.316 e. The largest absolute Gasteiger partial charge is 0.462 e. The van der Waals surface area contributed by atoms with E-state index in [9.17, 15) is 14.2 Å². The summed E-state index contributed by atoms with van der Waals surface area (Å²) in [6, 6.07) is 0. The van der Waals surface area contributed by atoms with Crippen molar-refractivity contribution in [3.05, 3.63) is 24.3 Å². The van der Waals surface area contributed by atoms with Crippen LogP contribution in [-0.4, -0.2) is 60.1 Å². The summed E-state index contributed by atoms with van der Waals surface area (Å²) in [7, 11) is -3.17. The molecule has 0 aromatic heterocycles. The third-order valence-electron chi connectivity index (χ3n) is 8.41. The topological polar surface area (TPSA) is 99.1 Å². The fraction of sp³-hybridized carbons (Fsp3) is 0.846. The number of esters is 2. The van der Waals surface area contributed by atoms with E-state index in [1.165, 1.54) is 103 Å². The van der Waals surface area contributed by atoms with Crippen LogP contribution in [0.4, 0.5) is 0 Å². The first-order valence-electron chi connectivity index (χ1n) is 19.5. The van der Waals surface area contributed by atoms with E-state index in [2.05, 4.69) is 38.2 Å². The third kappa shape index (κ3) is 39.8. The number of unbranched alkanes of at least 4 members (excludes halogenated alkanes) is 22. The van der Waals surface area contributed by atoms with Gasteiger partial charge in [0, 0.05) is 36.7 Å². The van der Waals surface area contributed by atoms with Crippen LogP contribution in [0.1, 0.15) is 194 Å². The molecule has 0 aliphatic heterocycles. The summed E-state index contributed by atoms with van der Waals surface area (Å²) in [6.45, 7) is 4.06. The number of carbonyl (C=O) groups excluding carboxylic acids is 2. The molecule has 280 valence electrons. The van der Waals surface area contributed by atoms with Gasteiger partial charge in [-0.05, 0) is 64.2 Å². The maximum Gasteiger partial charge on any atom is 0.316 e. The van der Waals surface area contributed by atoms with Gasteiger partial charge < -0.3 is 18.9 Å². The zero-order valence-electron chi connectivity index (χ0n) is 31.0. The monoisotopic (exact) mass is 804 g/mol. The van der Waals surface area contributed by atoms with Crippen LogP contribution in [0.15, 0.2) is 24.3 Å². The van der Waals surface area contributed by atoms with Gasteiger partial charge in [-0.1, -0.05) is 141 Å². The van der Waals surface area contributed by atoms with E-state index in [0.29, 0.717) is 6.42 Å². The molecule has 0 saturated carbocycles. The average molecular weight is 804 g/mol. The van der Waals surface area contributed by atoms with Crippen LogP contribution >= 0.6 is 8.25 Å². The molecule has 0 aliphatic rings. The summed E-state index contributed by atoms with van der Waals surface area (Å²) >= 11 is 0. The Morgan fingerprint density at radius 2 is 0.896 bits per heavy atom. The summed E-state index contributed by atoms with van der Waals surface area (Å²) in [5.41, 5.74) is 0. The predicted octanol–water partition coefficient (Wildman–Crippen LogP) is 11.5. The minimum absolute atomic E-state index is 0. The average Bonchev–Trinajstić information content (AvgIpc) is 3.05. The van der Waals surface area contributed by atoms with Crippen LogP contribution in [0, 0.1) is 0 Å². The van der Waals surface area contributed by atoms with Crippen molar-refractivity contribution < 1.29 is 33.0 Å². The van der Waals surface area contributed by atoms with Gasteiger partial charge in [0.05, 0.1) is 6.61 Å². The van der Waals surface area contributed by atoms with Gasteiger partial charge in [0.25, 0.3) is 0 Å². The molecule has 0 amide bonds. The molecule has 0 fully saturated rings. The first-order valence-corrected chi connectivity index (χ1v) is 20.8. The molecule has 0 spiro atoms. The SMILES string of the molecule is CCCCCCCC/C=C\CCCCCCCC(=O)OC[C@H](CO[PH](=O)O)OC(=O)CCCCCCC/C=C\CCCCCCCC.[Sn]. The number of allylic oxidation sites excluding steroid dienone is 4. The van der Waals surface area contributed by atoms with E-state index < -0.39 is 20.3 Å². The van der Waals surface area contributed by atoms with E-state index in [1.807, 2.05) is 0 Å². The second-order valence-electron chi connectivity index (χ2n) is 13.0. The number of ether oxygens (including phenoxy) is 2. The second-order valence-corrected chi connectivity index (χ2v) is 13.9. The minimum Gasteiger partial charge on any atom is -0.462 e. The molecule has 0 aromatic carbocycles. The van der Waals surface area contributed by atoms with Crippen LogP contribution in [0.5, 0.6) is 0 Å². The predicted molar refractivity (Wildman–Crippen MR) is 203 cm³/mol. The molecular formula is C39H73O7PSn. The number of rotatable bonds is 36. The van der Waals surface area contributed by atoms with Gasteiger partial charge >= 0.3 is 20.2 Å². The van der Waals surface area contributed by atoms with Crippen LogP contribution in [-0.2, 0) is 28.2 Å². The molecule has 48 heavy (non-hydrogen) atoms. The van der Waals surface area contributed by atoms with Gasteiger partial charge in [-0.2, -0.15) is 0 Å². The maximum atomic E-state index is 12.3. The van der Waals surface area contributed by atoms with Crippen molar-refractivity contribution in [1.29, 1.82) is 0 Å². The zero-order valence-corrected chi connectivity index (χ0v) is 34.9. The Bertz CT molecular complexity index is 790. The van der Waals surface area contributed by atoms with E-state index >= 15 is 0 Å². The van der Waals surface area contributed by atoms with Gasteiger partial charge in [0.1, 0.15) is 6.61 Å². The third-order valence-corrected chi connectivity index (χ3v) is 8.82. The van der Waals surface area contributed by atoms with Crippen molar-refractivity contribution in [2.24, 2.45) is 0 Å². The van der Waals surface area contributed by atoms with Crippen LogP contribution in [0.2, 0.25) is 0 Å². The van der Waals surface area contributed by atoms with E-state index in [0.717, 1.165) is 64.2 Å². The van der Waals surface area contributed by atoms with Crippen molar-refractivity contribution in [2.75, 3.05) is 13.2 Å². The first kappa shape index (κ1) is 49.5. The van der Waals surface area contributed by atoms with Crippen molar-refractivity contribution in [1.82, 2.24) is 0 Å². The molecule has 0 aromatic rings. The summed E-state index contributed by atoms with van der Waals surface area (Å²) in [5.74, 6) is -0.750. The molecule has 9 heteroatoms. The van der Waals surface area contributed by atoms with E-state index in [-0.39, 0.29) is 49.5 Å². The Morgan fingerprint density at radius 1 is 0.542 bits per heavy atom. The number of hydrogen-bond acceptors (Lipinski definition) is 6. The summed E-state index contributed by atoms with van der Waals surface area (Å²) in [4.78, 5) is 33.6. The summed E-state index contributed by atoms with van der Waals surface area (Å²) in [5, 5.41) is 0. The van der Waals surface area contributed by atoms with Gasteiger partial charge in [0.15, 0.2) is 6.10 Å². The molecule has 0 saturated heterocycles. The van der Waals surface area contributed by atoms with Crippen LogP contribution in [0.25, 0.3) is 0 Å². The van der Waals surface area contributed by atoms with Gasteiger partial charge in [-0.3, -0.25) is 14.2 Å². The van der Waals surface area contributed by atoms with Crippen molar-refractivity contribution in [2.45, 2.75) is 200 Å². The minimum atomic E-state index is -3.17. The second kappa shape index (κ2) is 40.8. The standard InChI is InChI=1S/C39H73O7P.Sn/c1-3-5-7-9-11-13-15-17-19-21-23-25-27-29-31-33-38(40)44-35-37(36-45-47(42)43)46-39(41)34-32-30-28-26-24-22-20-18-16-14-12-10-8-6-4-2;/h17-20,37,47H,3-16,21-36H2,1-2H3,(H,42,43);/b19-17-,20-18-;/t37-;/m1./s1. The fourth-order valence-electron chi connectivity index (χ4n) is 5.46. The quantitative estimate of drug-likeness (QED) is 0.0221. The summed E-state index contributed by atoms with van der Waals surface area (Å²) in [6.07, 6.45) is 39.8. The number of hydrogen-bond donors (Lipinski definition) is 1. The molecule has 7 nitrogen and oxygen atoms in total. The molecule has 0 bridgehead atoms. The molecular weight excluding hydrogens is 730 g/mol. The molecule has 2 atom stereocenters. The van der Waals surface area contributed by atoms with Crippen LogP contribution < -0.4 is 0 Å². The van der Waals surface area contributed by atoms with Gasteiger partial charge in [-0.15, -0.1) is 0 Å². The molecule has 0 aliphatic carbocycles. The van der Waals surface area contributed by atoms with Crippen molar-refractivity contribution in [3.63, 3.8) is 0 Å². The Morgan fingerprint density at radius 3 is 1.29 bits per heavy atom. The Labute approximate surface area is 313 Å².